The smallest absolute Gasteiger partial charge is 0.545 e. The Labute approximate surface area is 176 Å². The summed E-state index contributed by atoms with van der Waals surface area (Å²) in [7, 11) is 0. The SMILES string of the molecule is Cc1nc(-c2ccncc2)nc(N2CCOCC2)c1C(=O)[O-].[K+]. The molecule has 1 saturated heterocycles. The Bertz CT molecular complexity index is 691. The monoisotopic (exact) mass is 338 g/mol. The van der Waals surface area contributed by atoms with Gasteiger partial charge < -0.3 is 19.5 Å². The fourth-order valence-electron chi connectivity index (χ4n) is 2.43. The molecule has 2 aromatic heterocycles. The Kier molecular flexibility index (Phi) is 6.63. The van der Waals surface area contributed by atoms with Crippen molar-refractivity contribution in [3.8, 4) is 11.4 Å². The summed E-state index contributed by atoms with van der Waals surface area (Å²) in [4.78, 5) is 26.1. The number of anilines is 1. The molecule has 0 radical (unpaired) electrons. The maximum Gasteiger partial charge on any atom is 1.00 e. The molecule has 2 aromatic rings. The molecule has 0 N–H and O–H groups in total. The Balaban J connectivity index is 0.00000192. The molecule has 7 nitrogen and oxygen atoms in total. The quantitative estimate of drug-likeness (QED) is 0.553. The standard InChI is InChI=1S/C15H16N4O3.K/c1-10-12(15(20)21)14(19-6-8-22-9-7-19)18-13(17-10)11-2-4-16-5-3-11;/h2-5H,6-9H2,1H3,(H,20,21);/q;+1/p-1. The number of nitrogens with zero attached hydrogens (tertiary/aromatic N) is 4. The van der Waals surface area contributed by atoms with E-state index in [1.807, 2.05) is 4.90 Å². The van der Waals surface area contributed by atoms with Crippen molar-refractivity contribution in [3.05, 3.63) is 35.8 Å². The fraction of sp³-hybridized carbons (Fsp3) is 0.333. The topological polar surface area (TPSA) is 91.3 Å². The number of aromatic nitrogens is 3. The average molecular weight is 338 g/mol. The van der Waals surface area contributed by atoms with Crippen molar-refractivity contribution in [1.82, 2.24) is 15.0 Å². The summed E-state index contributed by atoms with van der Waals surface area (Å²) in [5, 5.41) is 11.5. The maximum atomic E-state index is 11.5. The molecular formula is C15H15KN4O3. The number of pyridine rings is 1. The second-order valence-electron chi connectivity index (χ2n) is 4.95. The minimum Gasteiger partial charge on any atom is -0.545 e. The number of rotatable bonds is 3. The summed E-state index contributed by atoms with van der Waals surface area (Å²) in [6.45, 7) is 3.92. The predicted molar refractivity (Wildman–Crippen MR) is 77.4 cm³/mol. The van der Waals surface area contributed by atoms with Gasteiger partial charge in [0.1, 0.15) is 5.82 Å². The van der Waals surface area contributed by atoms with Gasteiger partial charge in [0.05, 0.1) is 30.4 Å². The molecule has 8 heteroatoms. The largest absolute Gasteiger partial charge is 1.00 e. The van der Waals surface area contributed by atoms with Crippen molar-refractivity contribution in [2.24, 2.45) is 0 Å². The zero-order chi connectivity index (χ0) is 15.5. The average Bonchev–Trinajstić information content (AvgIpc) is 2.55. The zero-order valence-corrected chi connectivity index (χ0v) is 16.3. The van der Waals surface area contributed by atoms with Crippen LogP contribution in [0.25, 0.3) is 11.4 Å². The van der Waals surface area contributed by atoms with Crippen LogP contribution in [0.3, 0.4) is 0 Å². The van der Waals surface area contributed by atoms with E-state index >= 15 is 0 Å². The summed E-state index contributed by atoms with van der Waals surface area (Å²) in [5.74, 6) is -0.394. The first-order valence-electron chi connectivity index (χ1n) is 7.00. The van der Waals surface area contributed by atoms with Gasteiger partial charge in [-0.15, -0.1) is 0 Å². The number of hydrogen-bond donors (Lipinski definition) is 0. The van der Waals surface area contributed by atoms with Gasteiger partial charge in [-0.3, -0.25) is 4.98 Å². The molecule has 114 valence electrons. The summed E-state index contributed by atoms with van der Waals surface area (Å²) >= 11 is 0. The number of aryl methyl sites for hydroxylation is 1. The maximum absolute atomic E-state index is 11.5. The molecule has 0 aromatic carbocycles. The Morgan fingerprint density at radius 1 is 1.22 bits per heavy atom. The van der Waals surface area contributed by atoms with Crippen LogP contribution in [-0.4, -0.2) is 47.2 Å². The van der Waals surface area contributed by atoms with Crippen LogP contribution in [0.15, 0.2) is 24.5 Å². The van der Waals surface area contributed by atoms with Gasteiger partial charge in [0.25, 0.3) is 0 Å². The molecule has 0 amide bonds. The molecule has 0 bridgehead atoms. The van der Waals surface area contributed by atoms with Crippen molar-refractivity contribution in [3.63, 3.8) is 0 Å². The Morgan fingerprint density at radius 2 is 1.87 bits per heavy atom. The number of carboxylic acid groups (broad SMARTS) is 1. The Morgan fingerprint density at radius 3 is 2.48 bits per heavy atom. The molecule has 0 spiro atoms. The van der Waals surface area contributed by atoms with Gasteiger partial charge in [0.15, 0.2) is 5.82 Å². The van der Waals surface area contributed by atoms with Gasteiger partial charge in [0, 0.05) is 31.0 Å². The van der Waals surface area contributed by atoms with E-state index in [1.165, 1.54) is 0 Å². The first kappa shape index (κ1) is 18.4. The van der Waals surface area contributed by atoms with E-state index in [-0.39, 0.29) is 56.9 Å². The van der Waals surface area contributed by atoms with Crippen molar-refractivity contribution in [1.29, 1.82) is 0 Å². The number of ether oxygens (including phenoxy) is 1. The second-order valence-corrected chi connectivity index (χ2v) is 4.95. The molecule has 0 unspecified atom stereocenters. The van der Waals surface area contributed by atoms with Gasteiger partial charge in [0.2, 0.25) is 0 Å². The molecule has 1 aliphatic heterocycles. The molecule has 3 rings (SSSR count). The zero-order valence-electron chi connectivity index (χ0n) is 13.2. The fourth-order valence-corrected chi connectivity index (χ4v) is 2.43. The van der Waals surface area contributed by atoms with E-state index in [0.29, 0.717) is 43.6 Å². The number of carbonyl (C=O) groups excluding carboxylic acids is 1. The number of hydrogen-bond acceptors (Lipinski definition) is 7. The van der Waals surface area contributed by atoms with Gasteiger partial charge in [-0.1, -0.05) is 0 Å². The minimum absolute atomic E-state index is 0. The molecule has 23 heavy (non-hydrogen) atoms. The molecule has 1 aliphatic rings. The third kappa shape index (κ3) is 4.14. The molecule has 0 aliphatic carbocycles. The van der Waals surface area contributed by atoms with Gasteiger partial charge >= 0.3 is 51.4 Å². The molecule has 0 atom stereocenters. The van der Waals surface area contributed by atoms with E-state index in [2.05, 4.69) is 15.0 Å². The van der Waals surface area contributed by atoms with E-state index in [0.717, 1.165) is 5.56 Å². The van der Waals surface area contributed by atoms with Crippen LogP contribution < -0.4 is 61.4 Å². The third-order valence-electron chi connectivity index (χ3n) is 3.52. The Hall–Kier alpha value is -0.904. The van der Waals surface area contributed by atoms with Crippen LogP contribution in [0.5, 0.6) is 0 Å². The van der Waals surface area contributed by atoms with Gasteiger partial charge in [-0.2, -0.15) is 0 Å². The number of carboxylic acids is 1. The van der Waals surface area contributed by atoms with Crippen molar-refractivity contribution < 1.29 is 66.0 Å². The second kappa shape index (κ2) is 8.27. The van der Waals surface area contributed by atoms with Crippen LogP contribution in [0.1, 0.15) is 16.1 Å². The predicted octanol–water partition coefficient (Wildman–Crippen LogP) is -2.95. The van der Waals surface area contributed by atoms with Gasteiger partial charge in [-0.05, 0) is 19.1 Å². The normalized spacial score (nSPS) is 14.2. The van der Waals surface area contributed by atoms with Crippen LogP contribution in [0.2, 0.25) is 0 Å². The summed E-state index contributed by atoms with van der Waals surface area (Å²) < 4.78 is 5.31. The third-order valence-corrected chi connectivity index (χ3v) is 3.52. The van der Waals surface area contributed by atoms with Crippen LogP contribution in [-0.2, 0) is 4.74 Å². The first-order valence-corrected chi connectivity index (χ1v) is 7.00. The first-order chi connectivity index (χ1) is 10.7. The van der Waals surface area contributed by atoms with E-state index in [1.54, 1.807) is 31.5 Å². The van der Waals surface area contributed by atoms with Crippen LogP contribution in [0.4, 0.5) is 5.82 Å². The van der Waals surface area contributed by atoms with E-state index in [9.17, 15) is 9.90 Å². The van der Waals surface area contributed by atoms with Gasteiger partial charge in [-0.25, -0.2) is 9.97 Å². The minimum atomic E-state index is -1.26. The summed E-state index contributed by atoms with van der Waals surface area (Å²) in [6.07, 6.45) is 3.30. The summed E-state index contributed by atoms with van der Waals surface area (Å²) in [5.41, 5.74) is 1.22. The molecule has 3 heterocycles. The molecule has 0 saturated carbocycles. The van der Waals surface area contributed by atoms with E-state index < -0.39 is 5.97 Å². The van der Waals surface area contributed by atoms with E-state index in [4.69, 9.17) is 4.74 Å². The summed E-state index contributed by atoms with van der Waals surface area (Å²) in [6, 6.07) is 3.58. The van der Waals surface area contributed by atoms with Crippen LogP contribution in [0, 0.1) is 6.92 Å². The van der Waals surface area contributed by atoms with Crippen molar-refractivity contribution in [2.45, 2.75) is 6.92 Å². The van der Waals surface area contributed by atoms with Crippen molar-refractivity contribution in [2.75, 3.05) is 31.2 Å². The molecule has 1 fully saturated rings. The van der Waals surface area contributed by atoms with Crippen LogP contribution >= 0.6 is 0 Å². The number of morpholine rings is 1. The van der Waals surface area contributed by atoms with Crippen molar-refractivity contribution >= 4 is 11.8 Å². The molecular weight excluding hydrogens is 323 g/mol. The number of aromatic carboxylic acids is 1. The number of carbonyl (C=O) groups is 1.